The molecule has 0 radical (unpaired) electrons. The molecule has 0 amide bonds. The van der Waals surface area contributed by atoms with Gasteiger partial charge < -0.3 is 5.32 Å². The zero-order chi connectivity index (χ0) is 11.3. The van der Waals surface area contributed by atoms with E-state index in [-0.39, 0.29) is 0 Å². The second kappa shape index (κ2) is 6.46. The van der Waals surface area contributed by atoms with Gasteiger partial charge in [0.2, 0.25) is 0 Å². The lowest BCUT2D eigenvalue weighted by atomic mass is 10.1. The van der Waals surface area contributed by atoms with Gasteiger partial charge in [-0.2, -0.15) is 0 Å². The number of hydrogen-bond donors (Lipinski definition) is 1. The van der Waals surface area contributed by atoms with Gasteiger partial charge in [-0.3, -0.25) is 0 Å². The minimum absolute atomic E-state index is 0.475. The molecular weight excluding hydrogens is 270 g/mol. The fourth-order valence-electron chi connectivity index (χ4n) is 1.49. The maximum absolute atomic E-state index is 3.95. The van der Waals surface area contributed by atoms with Crippen LogP contribution >= 0.6 is 27.3 Å². The summed E-state index contributed by atoms with van der Waals surface area (Å²) < 4.78 is 1.18. The molecule has 0 spiro atoms. The van der Waals surface area contributed by atoms with Crippen molar-refractivity contribution in [2.75, 3.05) is 6.54 Å². The SMILES string of the molecule is C=C(C)CCC(NCC)c1cc(Br)cs1. The number of halogens is 1. The molecule has 1 heterocycles. The first-order valence-electron chi connectivity index (χ1n) is 5.25. The van der Waals surface area contributed by atoms with Gasteiger partial charge in [0.15, 0.2) is 0 Å². The van der Waals surface area contributed by atoms with Gasteiger partial charge in [-0.25, -0.2) is 0 Å². The second-order valence-corrected chi connectivity index (χ2v) is 5.63. The van der Waals surface area contributed by atoms with Crippen molar-refractivity contribution in [1.29, 1.82) is 0 Å². The Kier molecular flexibility index (Phi) is 5.58. The molecule has 0 aromatic carbocycles. The van der Waals surface area contributed by atoms with Crippen LogP contribution in [0.5, 0.6) is 0 Å². The molecule has 3 heteroatoms. The summed E-state index contributed by atoms with van der Waals surface area (Å²) in [7, 11) is 0. The van der Waals surface area contributed by atoms with Crippen LogP contribution in [0.4, 0.5) is 0 Å². The van der Waals surface area contributed by atoms with E-state index >= 15 is 0 Å². The van der Waals surface area contributed by atoms with E-state index in [9.17, 15) is 0 Å². The molecule has 1 nitrogen and oxygen atoms in total. The first-order valence-corrected chi connectivity index (χ1v) is 6.92. The van der Waals surface area contributed by atoms with E-state index in [2.05, 4.69) is 53.1 Å². The highest BCUT2D eigenvalue weighted by molar-refractivity contribution is 9.10. The van der Waals surface area contributed by atoms with Crippen LogP contribution in [0.3, 0.4) is 0 Å². The zero-order valence-corrected chi connectivity index (χ0v) is 11.7. The molecule has 1 rings (SSSR count). The first kappa shape index (κ1) is 12.9. The highest BCUT2D eigenvalue weighted by atomic mass is 79.9. The Labute approximate surface area is 105 Å². The number of allylic oxidation sites excluding steroid dienone is 1. The van der Waals surface area contributed by atoms with Crippen molar-refractivity contribution in [3.05, 3.63) is 32.9 Å². The maximum atomic E-state index is 3.95. The van der Waals surface area contributed by atoms with Crippen molar-refractivity contribution < 1.29 is 0 Å². The maximum Gasteiger partial charge on any atom is 0.0418 e. The molecule has 0 aliphatic rings. The van der Waals surface area contributed by atoms with Gasteiger partial charge in [-0.05, 0) is 48.3 Å². The quantitative estimate of drug-likeness (QED) is 0.759. The molecule has 0 aliphatic carbocycles. The molecule has 0 aliphatic heterocycles. The lowest BCUT2D eigenvalue weighted by molar-refractivity contribution is 0.522. The molecule has 1 aromatic heterocycles. The van der Waals surface area contributed by atoms with Gasteiger partial charge in [-0.1, -0.05) is 12.5 Å². The molecule has 84 valence electrons. The number of hydrogen-bond acceptors (Lipinski definition) is 2. The molecule has 0 bridgehead atoms. The number of nitrogens with one attached hydrogen (secondary N) is 1. The van der Waals surface area contributed by atoms with Crippen molar-refractivity contribution in [3.63, 3.8) is 0 Å². The van der Waals surface area contributed by atoms with Crippen molar-refractivity contribution in [3.8, 4) is 0 Å². The molecule has 1 atom stereocenters. The summed E-state index contributed by atoms with van der Waals surface area (Å²) in [5, 5.41) is 5.66. The van der Waals surface area contributed by atoms with E-state index in [1.165, 1.54) is 14.9 Å². The van der Waals surface area contributed by atoms with Crippen molar-refractivity contribution in [1.82, 2.24) is 5.32 Å². The lowest BCUT2D eigenvalue weighted by Gasteiger charge is -2.16. The summed E-state index contributed by atoms with van der Waals surface area (Å²) in [5.74, 6) is 0. The topological polar surface area (TPSA) is 12.0 Å². The van der Waals surface area contributed by atoms with E-state index in [1.54, 1.807) is 0 Å². The summed E-state index contributed by atoms with van der Waals surface area (Å²) in [5.41, 5.74) is 1.26. The van der Waals surface area contributed by atoms with Crippen LogP contribution in [0.15, 0.2) is 28.1 Å². The van der Waals surface area contributed by atoms with Crippen molar-refractivity contribution >= 4 is 27.3 Å². The monoisotopic (exact) mass is 287 g/mol. The van der Waals surface area contributed by atoms with Crippen LogP contribution < -0.4 is 5.32 Å². The van der Waals surface area contributed by atoms with Gasteiger partial charge in [0.1, 0.15) is 0 Å². The molecule has 0 fully saturated rings. The van der Waals surface area contributed by atoms with E-state index < -0.39 is 0 Å². The molecule has 1 N–H and O–H groups in total. The number of rotatable bonds is 6. The smallest absolute Gasteiger partial charge is 0.0418 e. The van der Waals surface area contributed by atoms with E-state index in [1.807, 2.05) is 11.3 Å². The summed E-state index contributed by atoms with van der Waals surface area (Å²) in [4.78, 5) is 1.41. The molecule has 0 saturated carbocycles. The third kappa shape index (κ3) is 4.49. The summed E-state index contributed by atoms with van der Waals surface area (Å²) in [6.45, 7) is 9.20. The first-order chi connectivity index (χ1) is 7.13. The minimum atomic E-state index is 0.475. The van der Waals surface area contributed by atoms with Crippen LogP contribution in [-0.2, 0) is 0 Å². The van der Waals surface area contributed by atoms with Crippen LogP contribution in [0.2, 0.25) is 0 Å². The fourth-order valence-corrected chi connectivity index (χ4v) is 3.05. The van der Waals surface area contributed by atoms with E-state index in [0.717, 1.165) is 19.4 Å². The fraction of sp³-hybridized carbons (Fsp3) is 0.500. The molecule has 1 aromatic rings. The van der Waals surface area contributed by atoms with Crippen molar-refractivity contribution in [2.45, 2.75) is 32.7 Å². The average Bonchev–Trinajstić information content (AvgIpc) is 2.59. The zero-order valence-electron chi connectivity index (χ0n) is 9.35. The Morgan fingerprint density at radius 1 is 1.67 bits per heavy atom. The predicted octanol–water partition coefficient (Wildman–Crippen LogP) is 4.52. The third-order valence-electron chi connectivity index (χ3n) is 2.24. The highest BCUT2D eigenvalue weighted by Crippen LogP contribution is 2.28. The van der Waals surface area contributed by atoms with Gasteiger partial charge in [0.25, 0.3) is 0 Å². The highest BCUT2D eigenvalue weighted by Gasteiger charge is 2.11. The van der Waals surface area contributed by atoms with E-state index in [0.29, 0.717) is 6.04 Å². The van der Waals surface area contributed by atoms with Crippen molar-refractivity contribution in [2.24, 2.45) is 0 Å². The molecule has 1 unspecified atom stereocenters. The Morgan fingerprint density at radius 3 is 2.87 bits per heavy atom. The Bertz CT molecular complexity index is 319. The summed E-state index contributed by atoms with van der Waals surface area (Å²) in [6, 6.07) is 2.68. The summed E-state index contributed by atoms with van der Waals surface area (Å²) >= 11 is 5.31. The van der Waals surface area contributed by atoms with Crippen LogP contribution in [0, 0.1) is 0 Å². The van der Waals surface area contributed by atoms with Gasteiger partial charge in [0, 0.05) is 20.8 Å². The molecule has 0 saturated heterocycles. The molecular formula is C12H18BrNS. The number of thiophene rings is 1. The third-order valence-corrected chi connectivity index (χ3v) is 4.05. The largest absolute Gasteiger partial charge is 0.310 e. The van der Waals surface area contributed by atoms with Crippen LogP contribution in [0.1, 0.15) is 37.6 Å². The Balaban J connectivity index is 2.60. The average molecular weight is 288 g/mol. The Hall–Kier alpha value is -0.120. The van der Waals surface area contributed by atoms with Crippen LogP contribution in [0.25, 0.3) is 0 Å². The lowest BCUT2D eigenvalue weighted by Crippen LogP contribution is -2.19. The second-order valence-electron chi connectivity index (χ2n) is 3.77. The standard InChI is InChI=1S/C12H18BrNS/c1-4-14-11(6-5-9(2)3)12-7-10(13)8-15-12/h7-8,11,14H,2,4-6H2,1,3H3. The van der Waals surface area contributed by atoms with Crippen LogP contribution in [-0.4, -0.2) is 6.54 Å². The minimum Gasteiger partial charge on any atom is -0.310 e. The van der Waals surface area contributed by atoms with E-state index in [4.69, 9.17) is 0 Å². The van der Waals surface area contributed by atoms with Gasteiger partial charge in [0.05, 0.1) is 0 Å². The normalized spacial score (nSPS) is 12.7. The van der Waals surface area contributed by atoms with Gasteiger partial charge in [-0.15, -0.1) is 17.9 Å². The van der Waals surface area contributed by atoms with Gasteiger partial charge >= 0.3 is 0 Å². The predicted molar refractivity (Wildman–Crippen MR) is 72.5 cm³/mol. The Morgan fingerprint density at radius 2 is 2.40 bits per heavy atom. The summed E-state index contributed by atoms with van der Waals surface area (Å²) in [6.07, 6.45) is 2.23. The molecule has 15 heavy (non-hydrogen) atoms.